The van der Waals surface area contributed by atoms with E-state index in [1.165, 1.54) is 24.3 Å². The first-order valence-electron chi connectivity index (χ1n) is 37.6. The number of nitrogens with zero attached hydrogens (tertiary/aromatic N) is 2. The second-order valence-corrected chi connectivity index (χ2v) is 29.3. The van der Waals surface area contributed by atoms with Gasteiger partial charge in [-0.05, 0) is 257 Å². The Bertz CT molecular complexity index is 6230. The van der Waals surface area contributed by atoms with Crippen molar-refractivity contribution < 1.29 is 44.6 Å². The zero-order valence-electron chi connectivity index (χ0n) is 61.1. The quantitative estimate of drug-likeness (QED) is 0.0900. The van der Waals surface area contributed by atoms with E-state index in [0.717, 1.165) is 55.6 Å². The number of ether oxygens (including phenoxy) is 2. The maximum atomic E-state index is 17.5. The molecule has 0 bridgehead atoms. The lowest BCUT2D eigenvalue weighted by Gasteiger charge is -2.36. The van der Waals surface area contributed by atoms with Crippen molar-refractivity contribution >= 4 is 46.3 Å². The summed E-state index contributed by atoms with van der Waals surface area (Å²) < 4.78 is 145. The molecular weight excluding hydrogens is 1450 g/mol. The van der Waals surface area contributed by atoms with E-state index in [-0.39, 0.29) is 0 Å². The molecule has 2 unspecified atom stereocenters. The number of halogens is 8. The van der Waals surface area contributed by atoms with Crippen molar-refractivity contribution in [3.63, 3.8) is 0 Å². The monoisotopic (exact) mass is 1510 g/mol. The molecule has 0 heterocycles. The Kier molecular flexibility index (Phi) is 16.4. The summed E-state index contributed by atoms with van der Waals surface area (Å²) in [5.74, 6) is -5.51. The molecule has 2 atom stereocenters. The Morgan fingerprint density at radius 2 is 0.470 bits per heavy atom. The molecule has 0 fully saturated rings. The molecule has 0 N–H and O–H groups in total. The van der Waals surface area contributed by atoms with Gasteiger partial charge in [0.25, 0.3) is 0 Å². The summed E-state index contributed by atoms with van der Waals surface area (Å²) in [6.07, 6.45) is 3.46. The fraction of sp³-hybridized carbons (Fsp3) is 0.0291. The molecule has 0 saturated carbocycles. The summed E-state index contributed by atoms with van der Waals surface area (Å²) in [5.41, 5.74) is 13.0. The van der Waals surface area contributed by atoms with Gasteiger partial charge in [0.2, 0.25) is 0 Å². The summed E-state index contributed by atoms with van der Waals surface area (Å²) in [6.45, 7) is 7.74. The zero-order chi connectivity index (χ0) is 78.2. The van der Waals surface area contributed by atoms with E-state index in [0.29, 0.717) is 137 Å². The number of hydrogen-bond acceptors (Lipinski definition) is 4. The van der Waals surface area contributed by atoms with E-state index >= 15 is 35.1 Å². The minimum absolute atomic E-state index is 0.391. The number of fused-ring (bicyclic) bond motifs is 16. The zero-order valence-corrected chi connectivity index (χ0v) is 61.1. The summed E-state index contributed by atoms with van der Waals surface area (Å²) in [6, 6.07) is 99.8. The summed E-state index contributed by atoms with van der Waals surface area (Å²) in [5, 5.41) is 0. The average Bonchev–Trinajstić information content (AvgIpc) is 1.49. The fourth-order valence-electron chi connectivity index (χ4n) is 18.7. The van der Waals surface area contributed by atoms with Crippen LogP contribution >= 0.6 is 0 Å². The molecule has 12 heteroatoms. The molecule has 0 aromatic heterocycles. The van der Waals surface area contributed by atoms with E-state index in [1.807, 2.05) is 180 Å². The smallest absolute Gasteiger partial charge is 0.133 e. The van der Waals surface area contributed by atoms with Crippen molar-refractivity contribution in [3.05, 3.63) is 477 Å². The van der Waals surface area contributed by atoms with Gasteiger partial charge in [0.15, 0.2) is 0 Å². The number of anilines is 6. The van der Waals surface area contributed by atoms with Crippen LogP contribution in [0.5, 0.6) is 23.0 Å². The highest BCUT2D eigenvalue weighted by Gasteiger charge is 2.55. The number of benzene rings is 16. The SMILES string of the molecule is C=Cc1ccc(Oc2ccc(C3(c4c(F)cc(F)cc4F)c4ccccc4-c4ccc(N(c5ccc(F)cc5)c5ccc6c(c5)C5(c7ccccc7-6)c6ccccc6-c6ccc(N(c7ccc(F)cc7)c7ccc8c(c7)C(c7ccc(Oc9ccc(C=C)cc9)cc7)(c7c(F)cc(F)cc7F)c7ccccc7-8)cc65)cc43)cc2)cc1. The molecule has 0 saturated heterocycles. The Morgan fingerprint density at radius 1 is 0.226 bits per heavy atom. The van der Waals surface area contributed by atoms with Crippen molar-refractivity contribution in [3.8, 4) is 67.5 Å². The Hall–Kier alpha value is -14.4. The van der Waals surface area contributed by atoms with Crippen LogP contribution in [0.15, 0.2) is 353 Å². The van der Waals surface area contributed by atoms with E-state index in [4.69, 9.17) is 9.47 Å². The highest BCUT2D eigenvalue weighted by atomic mass is 19.2. The number of hydrogen-bond donors (Lipinski definition) is 0. The molecule has 16 aromatic carbocycles. The standard InChI is InChI=1S/C103H62F8N2O2/c1-3-61-21-41-75(42-22-61)114-77-45-25-63(26-46-77)101(99-95(108)53-67(106)54-96(99)109)87-17-9-5-13-79(87)83-49-37-71(57-91(83)101)112(69-33-29-65(104)30-34-69)73-39-51-85-81-15-7-11-19-89(81)103(93(85)59-73)90-20-12-8-16-82(90)86-52-40-74(60-94(86)103)113(70-35-31-66(105)32-36-70)72-38-50-84-80-14-6-10-18-88(80)102(92(84)58-72,100-97(110)55-68(107)56-98(100)111)64-27-47-78(48-28-64)115-76-43-23-62(4-2)24-44-76/h3-60H,1-2H2. The molecule has 115 heavy (non-hydrogen) atoms. The third kappa shape index (κ3) is 10.7. The lowest BCUT2D eigenvalue weighted by molar-refractivity contribution is 0.481. The summed E-state index contributed by atoms with van der Waals surface area (Å²) in [4.78, 5) is 4.01. The predicted molar refractivity (Wildman–Crippen MR) is 440 cm³/mol. The molecule has 1 spiro atoms. The Labute approximate surface area is 658 Å². The Morgan fingerprint density at radius 3 is 0.757 bits per heavy atom. The maximum absolute atomic E-state index is 17.5. The normalized spacial score (nSPS) is 16.0. The Balaban J connectivity index is 0.775. The van der Waals surface area contributed by atoms with Gasteiger partial charge in [-0.2, -0.15) is 0 Å². The first-order chi connectivity index (χ1) is 56.1. The summed E-state index contributed by atoms with van der Waals surface area (Å²) in [7, 11) is 0. The topological polar surface area (TPSA) is 24.9 Å². The predicted octanol–water partition coefficient (Wildman–Crippen LogP) is 27.7. The van der Waals surface area contributed by atoms with Gasteiger partial charge >= 0.3 is 0 Å². The van der Waals surface area contributed by atoms with Crippen LogP contribution in [0.3, 0.4) is 0 Å². The lowest BCUT2D eigenvalue weighted by atomic mass is 9.67. The molecule has 4 aliphatic carbocycles. The first kappa shape index (κ1) is 69.8. The molecular formula is C103H62F8N2O2. The molecule has 0 amide bonds. The van der Waals surface area contributed by atoms with Gasteiger partial charge in [-0.1, -0.05) is 195 Å². The number of rotatable bonds is 16. The second kappa shape index (κ2) is 27.0. The largest absolute Gasteiger partial charge is 0.457 e. The average molecular weight is 1510 g/mol. The van der Waals surface area contributed by atoms with Crippen LogP contribution < -0.4 is 19.3 Å². The highest BCUT2D eigenvalue weighted by Crippen LogP contribution is 2.66. The summed E-state index contributed by atoms with van der Waals surface area (Å²) >= 11 is 0. The molecule has 0 radical (unpaired) electrons. The van der Waals surface area contributed by atoms with Crippen LogP contribution in [-0.2, 0) is 16.2 Å². The van der Waals surface area contributed by atoms with Crippen LogP contribution in [0.25, 0.3) is 56.7 Å². The highest BCUT2D eigenvalue weighted by molar-refractivity contribution is 5.99. The molecule has 20 rings (SSSR count). The molecule has 4 aliphatic rings. The van der Waals surface area contributed by atoms with Crippen LogP contribution in [-0.4, -0.2) is 0 Å². The van der Waals surface area contributed by atoms with Crippen LogP contribution in [0.4, 0.5) is 69.2 Å². The van der Waals surface area contributed by atoms with Crippen LogP contribution in [0.2, 0.25) is 0 Å². The maximum Gasteiger partial charge on any atom is 0.133 e. The van der Waals surface area contributed by atoms with E-state index < -0.39 is 73.9 Å². The van der Waals surface area contributed by atoms with Crippen molar-refractivity contribution in [2.75, 3.05) is 9.80 Å². The van der Waals surface area contributed by atoms with E-state index in [1.54, 1.807) is 84.9 Å². The third-order valence-electron chi connectivity index (χ3n) is 23.4. The molecule has 552 valence electrons. The van der Waals surface area contributed by atoms with Gasteiger partial charge in [0.05, 0.1) is 16.2 Å². The molecule has 16 aromatic rings. The minimum Gasteiger partial charge on any atom is -0.457 e. The van der Waals surface area contributed by atoms with Crippen molar-refractivity contribution in [1.82, 2.24) is 0 Å². The first-order valence-corrected chi connectivity index (χ1v) is 37.6. The van der Waals surface area contributed by atoms with Gasteiger partial charge < -0.3 is 19.3 Å². The fourth-order valence-corrected chi connectivity index (χ4v) is 18.7. The second-order valence-electron chi connectivity index (χ2n) is 29.3. The lowest BCUT2D eigenvalue weighted by Crippen LogP contribution is -2.31. The van der Waals surface area contributed by atoms with Crippen molar-refractivity contribution in [1.29, 1.82) is 0 Å². The van der Waals surface area contributed by atoms with Gasteiger partial charge in [0, 0.05) is 69.5 Å². The van der Waals surface area contributed by atoms with Gasteiger partial charge in [-0.15, -0.1) is 0 Å². The van der Waals surface area contributed by atoms with Gasteiger partial charge in [-0.3, -0.25) is 0 Å². The van der Waals surface area contributed by atoms with E-state index in [2.05, 4.69) is 61.7 Å². The van der Waals surface area contributed by atoms with Crippen LogP contribution in [0, 0.1) is 46.5 Å². The van der Waals surface area contributed by atoms with Crippen molar-refractivity contribution in [2.45, 2.75) is 16.2 Å². The minimum atomic E-state index is -1.77. The molecule has 4 nitrogen and oxygen atoms in total. The van der Waals surface area contributed by atoms with Gasteiger partial charge in [-0.25, -0.2) is 35.1 Å². The third-order valence-corrected chi connectivity index (χ3v) is 23.4. The van der Waals surface area contributed by atoms with Crippen LogP contribution in [0.1, 0.15) is 77.9 Å². The molecule has 0 aliphatic heterocycles. The van der Waals surface area contributed by atoms with Gasteiger partial charge in [0.1, 0.15) is 69.5 Å². The van der Waals surface area contributed by atoms with E-state index in [9.17, 15) is 0 Å². The van der Waals surface area contributed by atoms with Crippen molar-refractivity contribution in [2.24, 2.45) is 0 Å².